The molecule has 2 aromatic rings. The second-order valence-electron chi connectivity index (χ2n) is 5.87. The van der Waals surface area contributed by atoms with Crippen molar-refractivity contribution in [2.75, 3.05) is 11.4 Å². The summed E-state index contributed by atoms with van der Waals surface area (Å²) in [7, 11) is 0. The Hall–Kier alpha value is -2.44. The maximum Gasteiger partial charge on any atom is 0.293 e. The summed E-state index contributed by atoms with van der Waals surface area (Å²) in [5, 5.41) is 15.4. The quantitative estimate of drug-likeness (QED) is 0.633. The molecule has 1 aliphatic heterocycles. The first-order chi connectivity index (χ1) is 11.1. The minimum absolute atomic E-state index is 0.0903. The molecule has 122 valence electrons. The molecule has 0 saturated carbocycles. The second-order valence-corrected chi connectivity index (χ2v) is 5.87. The van der Waals surface area contributed by atoms with Crippen LogP contribution in [0.25, 0.3) is 11.5 Å². The fraction of sp³-hybridized carbons (Fsp3) is 0.500. The molecule has 7 heteroatoms. The Morgan fingerprint density at radius 3 is 2.91 bits per heavy atom. The Kier molecular flexibility index (Phi) is 4.27. The van der Waals surface area contributed by atoms with Crippen LogP contribution in [0, 0.1) is 10.1 Å². The maximum atomic E-state index is 11.5. The van der Waals surface area contributed by atoms with Gasteiger partial charge in [-0.2, -0.15) is 4.98 Å². The summed E-state index contributed by atoms with van der Waals surface area (Å²) in [6.07, 6.45) is 3.95. The molecule has 0 amide bonds. The summed E-state index contributed by atoms with van der Waals surface area (Å²) in [4.78, 5) is 17.6. The van der Waals surface area contributed by atoms with E-state index in [-0.39, 0.29) is 10.6 Å². The van der Waals surface area contributed by atoms with Gasteiger partial charge in [0.2, 0.25) is 0 Å². The molecule has 0 aliphatic carbocycles. The third-order valence-corrected chi connectivity index (χ3v) is 4.32. The molecule has 0 N–H and O–H groups in total. The number of benzene rings is 1. The van der Waals surface area contributed by atoms with Gasteiger partial charge in [0, 0.05) is 30.6 Å². The second kappa shape index (κ2) is 6.36. The number of anilines is 1. The number of nitro benzene ring substituents is 1. The molecule has 23 heavy (non-hydrogen) atoms. The highest BCUT2D eigenvalue weighted by Crippen LogP contribution is 2.35. The predicted octanol–water partition coefficient (Wildman–Crippen LogP) is 3.59. The molecular weight excluding hydrogens is 296 g/mol. The van der Waals surface area contributed by atoms with E-state index in [4.69, 9.17) is 4.52 Å². The van der Waals surface area contributed by atoms with E-state index in [1.54, 1.807) is 6.07 Å². The van der Waals surface area contributed by atoms with E-state index in [1.165, 1.54) is 12.5 Å². The van der Waals surface area contributed by atoms with Crippen LogP contribution >= 0.6 is 0 Å². The van der Waals surface area contributed by atoms with Gasteiger partial charge < -0.3 is 9.42 Å². The van der Waals surface area contributed by atoms with Gasteiger partial charge in [-0.25, -0.2) is 0 Å². The third kappa shape index (κ3) is 3.04. The number of aryl methyl sites for hydroxylation is 1. The normalized spacial score (nSPS) is 18.2. The fourth-order valence-electron chi connectivity index (χ4n) is 3.02. The molecule has 1 atom stereocenters. The van der Waals surface area contributed by atoms with Crippen LogP contribution in [0.4, 0.5) is 11.4 Å². The van der Waals surface area contributed by atoms with E-state index in [2.05, 4.69) is 22.0 Å². The summed E-state index contributed by atoms with van der Waals surface area (Å²) >= 11 is 0. The van der Waals surface area contributed by atoms with Crippen molar-refractivity contribution in [2.45, 2.75) is 45.6 Å². The van der Waals surface area contributed by atoms with Gasteiger partial charge in [-0.3, -0.25) is 10.1 Å². The van der Waals surface area contributed by atoms with Gasteiger partial charge in [-0.15, -0.1) is 0 Å². The topological polar surface area (TPSA) is 85.3 Å². The molecular formula is C16H20N4O3. The molecule has 0 radical (unpaired) electrons. The van der Waals surface area contributed by atoms with Crippen molar-refractivity contribution in [3.63, 3.8) is 0 Å². The van der Waals surface area contributed by atoms with Gasteiger partial charge in [0.1, 0.15) is 5.69 Å². The van der Waals surface area contributed by atoms with Crippen LogP contribution in [0.3, 0.4) is 0 Å². The highest BCUT2D eigenvalue weighted by atomic mass is 16.6. The van der Waals surface area contributed by atoms with E-state index in [0.717, 1.165) is 19.4 Å². The number of rotatable bonds is 4. The number of aromatic nitrogens is 2. The zero-order chi connectivity index (χ0) is 16.4. The van der Waals surface area contributed by atoms with Gasteiger partial charge in [0.05, 0.1) is 4.92 Å². The van der Waals surface area contributed by atoms with Gasteiger partial charge in [-0.05, 0) is 38.3 Å². The van der Waals surface area contributed by atoms with E-state index in [1.807, 2.05) is 13.0 Å². The zero-order valence-corrected chi connectivity index (χ0v) is 13.4. The molecule has 7 nitrogen and oxygen atoms in total. The molecule has 0 spiro atoms. The number of hydrogen-bond donors (Lipinski definition) is 0. The summed E-state index contributed by atoms with van der Waals surface area (Å²) in [5.74, 6) is 0.916. The number of nitro groups is 1. The average molecular weight is 316 g/mol. The Morgan fingerprint density at radius 2 is 2.26 bits per heavy atom. The van der Waals surface area contributed by atoms with Crippen molar-refractivity contribution in [3.8, 4) is 11.5 Å². The summed E-state index contributed by atoms with van der Waals surface area (Å²) in [6, 6.07) is 5.45. The van der Waals surface area contributed by atoms with Crippen LogP contribution in [-0.2, 0) is 6.42 Å². The smallest absolute Gasteiger partial charge is 0.293 e. The van der Waals surface area contributed by atoms with Crippen LogP contribution in [0.1, 0.15) is 38.9 Å². The molecule has 1 aromatic heterocycles. The lowest BCUT2D eigenvalue weighted by molar-refractivity contribution is -0.384. The average Bonchev–Trinajstić information content (AvgIpc) is 3.04. The van der Waals surface area contributed by atoms with Crippen LogP contribution in [0.15, 0.2) is 22.7 Å². The lowest BCUT2D eigenvalue weighted by Gasteiger charge is -2.35. The first-order valence-corrected chi connectivity index (χ1v) is 7.98. The minimum atomic E-state index is -0.336. The molecule has 1 unspecified atom stereocenters. The van der Waals surface area contributed by atoms with Gasteiger partial charge in [-0.1, -0.05) is 12.1 Å². The van der Waals surface area contributed by atoms with E-state index in [0.29, 0.717) is 35.4 Å². The Balaban J connectivity index is 2.00. The largest absolute Gasteiger partial charge is 0.363 e. The van der Waals surface area contributed by atoms with E-state index >= 15 is 0 Å². The highest BCUT2D eigenvalue weighted by Gasteiger charge is 2.26. The van der Waals surface area contributed by atoms with Crippen LogP contribution in [-0.4, -0.2) is 27.7 Å². The van der Waals surface area contributed by atoms with E-state index < -0.39 is 0 Å². The van der Waals surface area contributed by atoms with Crippen molar-refractivity contribution < 1.29 is 9.45 Å². The van der Waals surface area contributed by atoms with Crippen molar-refractivity contribution >= 4 is 11.4 Å². The van der Waals surface area contributed by atoms with Crippen LogP contribution in [0.5, 0.6) is 0 Å². The van der Waals surface area contributed by atoms with Crippen molar-refractivity contribution in [1.82, 2.24) is 10.1 Å². The van der Waals surface area contributed by atoms with E-state index in [9.17, 15) is 10.1 Å². The Labute approximate surface area is 134 Å². The van der Waals surface area contributed by atoms with Crippen molar-refractivity contribution in [1.29, 1.82) is 0 Å². The van der Waals surface area contributed by atoms with Crippen molar-refractivity contribution in [3.05, 3.63) is 34.1 Å². The first kappa shape index (κ1) is 15.5. The van der Waals surface area contributed by atoms with Gasteiger partial charge >= 0.3 is 0 Å². The van der Waals surface area contributed by atoms with Gasteiger partial charge in [0.15, 0.2) is 5.82 Å². The Morgan fingerprint density at radius 1 is 1.43 bits per heavy atom. The SMILES string of the molecule is CCc1noc(-c2ccc(N3CCCCC3C)c([N+](=O)[O-])c2)n1. The summed E-state index contributed by atoms with van der Waals surface area (Å²) in [6.45, 7) is 4.89. The summed E-state index contributed by atoms with van der Waals surface area (Å²) in [5.41, 5.74) is 1.34. The lowest BCUT2D eigenvalue weighted by Crippen LogP contribution is -2.37. The van der Waals surface area contributed by atoms with Crippen molar-refractivity contribution in [2.24, 2.45) is 0 Å². The van der Waals surface area contributed by atoms with Gasteiger partial charge in [0.25, 0.3) is 11.6 Å². The standard InChI is InChI=1S/C16H20N4O3/c1-3-15-17-16(23-18-15)12-7-8-13(14(10-12)20(21)22)19-9-5-4-6-11(19)2/h7-8,10-11H,3-6,9H2,1-2H3. The lowest BCUT2D eigenvalue weighted by atomic mass is 10.0. The monoisotopic (exact) mass is 316 g/mol. The molecule has 1 aromatic carbocycles. The maximum absolute atomic E-state index is 11.5. The molecule has 1 aliphatic rings. The predicted molar refractivity (Wildman–Crippen MR) is 86.4 cm³/mol. The first-order valence-electron chi connectivity index (χ1n) is 7.98. The fourth-order valence-corrected chi connectivity index (χ4v) is 3.02. The molecule has 1 saturated heterocycles. The number of hydrogen-bond acceptors (Lipinski definition) is 6. The zero-order valence-electron chi connectivity index (χ0n) is 13.4. The number of piperidine rings is 1. The minimum Gasteiger partial charge on any atom is -0.363 e. The molecule has 2 heterocycles. The van der Waals surface area contributed by atoms with Crippen LogP contribution in [0.2, 0.25) is 0 Å². The third-order valence-electron chi connectivity index (χ3n) is 4.32. The van der Waals surface area contributed by atoms with Crippen LogP contribution < -0.4 is 4.90 Å². The Bertz CT molecular complexity index is 713. The summed E-state index contributed by atoms with van der Waals surface area (Å²) < 4.78 is 5.19. The molecule has 1 fully saturated rings. The molecule has 3 rings (SSSR count). The number of nitrogens with zero attached hydrogens (tertiary/aromatic N) is 4. The highest BCUT2D eigenvalue weighted by molar-refractivity contribution is 5.71. The molecule has 0 bridgehead atoms.